The Morgan fingerprint density at radius 1 is 1.27 bits per heavy atom. The van der Waals surface area contributed by atoms with Crippen molar-refractivity contribution in [2.24, 2.45) is 0 Å². The molecule has 0 saturated carbocycles. The van der Waals surface area contributed by atoms with E-state index in [1.54, 1.807) is 12.1 Å². The molecule has 0 bridgehead atoms. The van der Waals surface area contributed by atoms with Crippen LogP contribution in [0.15, 0.2) is 18.5 Å². The van der Waals surface area contributed by atoms with Gasteiger partial charge in [-0.05, 0) is 18.9 Å². The highest BCUT2D eigenvalue weighted by Crippen LogP contribution is 2.18. The molecule has 0 atom stereocenters. The van der Waals surface area contributed by atoms with E-state index in [1.165, 1.54) is 25.9 Å². The molecule has 0 unspecified atom stereocenters. The maximum Gasteiger partial charge on any atom is 0.0624 e. The number of rotatable bonds is 2. The van der Waals surface area contributed by atoms with Crippen molar-refractivity contribution < 1.29 is 0 Å². The van der Waals surface area contributed by atoms with Gasteiger partial charge in [-0.15, -0.1) is 0 Å². The molecule has 4 heteroatoms. The molecule has 0 spiro atoms. The minimum atomic E-state index is 1.20. The molecular formula is C7H11N3S. The van der Waals surface area contributed by atoms with Crippen molar-refractivity contribution >= 4 is 12.1 Å². The van der Waals surface area contributed by atoms with Crippen LogP contribution >= 0.6 is 12.1 Å². The zero-order valence-electron chi connectivity index (χ0n) is 6.31. The molecule has 1 saturated heterocycles. The highest BCUT2D eigenvalue weighted by molar-refractivity contribution is 7.95. The number of nitrogens with zero attached hydrogens (tertiary/aromatic N) is 3. The predicted molar refractivity (Wildman–Crippen MR) is 46.0 cm³/mol. The summed E-state index contributed by atoms with van der Waals surface area (Å²) in [5, 5.41) is 4.12. The molecule has 0 amide bonds. The molecule has 2 rings (SSSR count). The van der Waals surface area contributed by atoms with Crippen LogP contribution in [0, 0.1) is 0 Å². The lowest BCUT2D eigenvalue weighted by Gasteiger charge is -2.11. The first-order chi connectivity index (χ1) is 5.45. The average molecular weight is 169 g/mol. The van der Waals surface area contributed by atoms with Crippen LogP contribution in [-0.4, -0.2) is 26.6 Å². The summed E-state index contributed by atoms with van der Waals surface area (Å²) in [6.07, 6.45) is 6.44. The van der Waals surface area contributed by atoms with Gasteiger partial charge < -0.3 is 0 Å². The van der Waals surface area contributed by atoms with E-state index >= 15 is 0 Å². The van der Waals surface area contributed by atoms with Crippen LogP contribution in [0.4, 0.5) is 0 Å². The van der Waals surface area contributed by atoms with Crippen LogP contribution in [-0.2, 0) is 0 Å². The first kappa shape index (κ1) is 7.18. The van der Waals surface area contributed by atoms with Crippen molar-refractivity contribution in [1.29, 1.82) is 0 Å². The molecule has 2 heterocycles. The summed E-state index contributed by atoms with van der Waals surface area (Å²) in [5.41, 5.74) is 0. The average Bonchev–Trinajstić information content (AvgIpc) is 2.60. The Labute approximate surface area is 70.6 Å². The van der Waals surface area contributed by atoms with Gasteiger partial charge in [-0.2, -0.15) is 9.19 Å². The lowest BCUT2D eigenvalue weighted by molar-refractivity contribution is 0.579. The molecule has 60 valence electrons. The summed E-state index contributed by atoms with van der Waals surface area (Å²) in [6.45, 7) is 2.40. The molecular weight excluding hydrogens is 158 g/mol. The van der Waals surface area contributed by atoms with E-state index in [4.69, 9.17) is 0 Å². The monoisotopic (exact) mass is 169 g/mol. The van der Waals surface area contributed by atoms with Gasteiger partial charge in [-0.25, -0.2) is 4.31 Å². The van der Waals surface area contributed by atoms with E-state index in [-0.39, 0.29) is 0 Å². The lowest BCUT2D eigenvalue weighted by atomic mass is 10.4. The minimum absolute atomic E-state index is 1.20. The normalized spacial score (nSPS) is 19.3. The summed E-state index contributed by atoms with van der Waals surface area (Å²) < 4.78 is 4.23. The van der Waals surface area contributed by atoms with Gasteiger partial charge in [0.25, 0.3) is 0 Å². The van der Waals surface area contributed by atoms with Crippen molar-refractivity contribution in [3.05, 3.63) is 18.5 Å². The van der Waals surface area contributed by atoms with Crippen molar-refractivity contribution in [2.45, 2.75) is 12.8 Å². The molecule has 1 aromatic rings. The van der Waals surface area contributed by atoms with Gasteiger partial charge in [0, 0.05) is 19.3 Å². The molecule has 0 N–H and O–H groups in total. The quantitative estimate of drug-likeness (QED) is 0.624. The number of aromatic nitrogens is 2. The third kappa shape index (κ3) is 1.75. The molecule has 3 nitrogen and oxygen atoms in total. The van der Waals surface area contributed by atoms with Gasteiger partial charge in [0.15, 0.2) is 0 Å². The second kappa shape index (κ2) is 3.28. The van der Waals surface area contributed by atoms with Crippen LogP contribution in [0.2, 0.25) is 0 Å². The van der Waals surface area contributed by atoms with E-state index in [9.17, 15) is 0 Å². The van der Waals surface area contributed by atoms with Crippen LogP contribution in [0.1, 0.15) is 12.8 Å². The van der Waals surface area contributed by atoms with Crippen LogP contribution in [0.5, 0.6) is 0 Å². The topological polar surface area (TPSA) is 21.1 Å². The van der Waals surface area contributed by atoms with E-state index < -0.39 is 0 Å². The molecule has 0 aliphatic carbocycles. The summed E-state index contributed by atoms with van der Waals surface area (Å²) in [7, 11) is 0. The maximum atomic E-state index is 4.12. The van der Waals surface area contributed by atoms with Crippen LogP contribution < -0.4 is 0 Å². The maximum absolute atomic E-state index is 4.12. The van der Waals surface area contributed by atoms with Gasteiger partial charge in [0.1, 0.15) is 0 Å². The number of hydrogen-bond donors (Lipinski definition) is 0. The Hall–Kier alpha value is -0.480. The second-order valence-electron chi connectivity index (χ2n) is 2.63. The van der Waals surface area contributed by atoms with Gasteiger partial charge in [0.05, 0.1) is 18.3 Å². The second-order valence-corrected chi connectivity index (χ2v) is 3.68. The summed E-state index contributed by atoms with van der Waals surface area (Å²) in [4.78, 5) is 0. The SMILES string of the molecule is c1cnn(SN2CCCC2)c1. The van der Waals surface area contributed by atoms with Gasteiger partial charge >= 0.3 is 0 Å². The molecule has 0 radical (unpaired) electrons. The van der Waals surface area contributed by atoms with Crippen LogP contribution in [0.3, 0.4) is 0 Å². The Morgan fingerprint density at radius 3 is 2.73 bits per heavy atom. The van der Waals surface area contributed by atoms with Crippen molar-refractivity contribution in [3.63, 3.8) is 0 Å². The fourth-order valence-electron chi connectivity index (χ4n) is 1.19. The first-order valence-corrected chi connectivity index (χ1v) is 4.61. The zero-order chi connectivity index (χ0) is 7.52. The first-order valence-electron chi connectivity index (χ1n) is 3.88. The van der Waals surface area contributed by atoms with Gasteiger partial charge in [-0.3, -0.25) is 0 Å². The third-order valence-electron chi connectivity index (χ3n) is 1.74. The van der Waals surface area contributed by atoms with E-state index in [0.717, 1.165) is 0 Å². The Balaban J connectivity index is 1.90. The standard InChI is InChI=1S/C7H11N3S/c1-2-6-9(5-1)11-10-7-3-4-8-10/h3-4,7H,1-2,5-6H2. The lowest BCUT2D eigenvalue weighted by Crippen LogP contribution is -2.12. The summed E-state index contributed by atoms with van der Waals surface area (Å²) in [5.74, 6) is 0. The number of hydrogen-bond acceptors (Lipinski definition) is 3. The molecule has 1 aromatic heterocycles. The van der Waals surface area contributed by atoms with Crippen molar-refractivity contribution in [3.8, 4) is 0 Å². The molecule has 1 fully saturated rings. The smallest absolute Gasteiger partial charge is 0.0624 e. The molecule has 1 aliphatic heterocycles. The summed E-state index contributed by atoms with van der Waals surface area (Å²) in [6, 6.07) is 1.95. The van der Waals surface area contributed by atoms with E-state index in [0.29, 0.717) is 0 Å². The molecule has 11 heavy (non-hydrogen) atoms. The zero-order valence-corrected chi connectivity index (χ0v) is 7.13. The fraction of sp³-hybridized carbons (Fsp3) is 0.571. The third-order valence-corrected chi connectivity index (χ3v) is 2.72. The Kier molecular flexibility index (Phi) is 2.14. The fourth-order valence-corrected chi connectivity index (χ4v) is 2.07. The molecule has 0 aromatic carbocycles. The highest BCUT2D eigenvalue weighted by atomic mass is 32.2. The van der Waals surface area contributed by atoms with Crippen LogP contribution in [0.25, 0.3) is 0 Å². The van der Waals surface area contributed by atoms with Crippen molar-refractivity contribution in [2.75, 3.05) is 13.1 Å². The minimum Gasteiger partial charge on any atom is -0.231 e. The highest BCUT2D eigenvalue weighted by Gasteiger charge is 2.12. The van der Waals surface area contributed by atoms with E-state index in [2.05, 4.69) is 9.40 Å². The van der Waals surface area contributed by atoms with Gasteiger partial charge in [0.2, 0.25) is 0 Å². The van der Waals surface area contributed by atoms with Gasteiger partial charge in [-0.1, -0.05) is 0 Å². The molecule has 1 aliphatic rings. The van der Waals surface area contributed by atoms with Crippen molar-refractivity contribution in [1.82, 2.24) is 13.5 Å². The van der Waals surface area contributed by atoms with E-state index in [1.807, 2.05) is 22.5 Å². The summed E-state index contributed by atoms with van der Waals surface area (Å²) >= 11 is 1.70. The Morgan fingerprint density at radius 2 is 2.09 bits per heavy atom. The predicted octanol–water partition coefficient (Wildman–Crippen LogP) is 1.39. The largest absolute Gasteiger partial charge is 0.231 e. The Bertz CT molecular complexity index is 203.